The average Bonchev–Trinajstić information content (AvgIpc) is 3.33. The molecule has 6 heteroatoms. The Bertz CT molecular complexity index is 1040. The molecule has 136 valence electrons. The molecule has 4 aromatic rings. The van der Waals surface area contributed by atoms with Crippen molar-refractivity contribution in [3.05, 3.63) is 83.4 Å². The molecule has 1 N–H and O–H groups in total. The molecule has 0 spiro atoms. The topological polar surface area (TPSA) is 59.8 Å². The van der Waals surface area contributed by atoms with E-state index in [0.717, 1.165) is 22.2 Å². The second-order valence-electron chi connectivity index (χ2n) is 6.56. The van der Waals surface area contributed by atoms with Gasteiger partial charge in [0.15, 0.2) is 5.01 Å². The lowest BCUT2D eigenvalue weighted by Gasteiger charge is -2.19. The first-order valence-corrected chi connectivity index (χ1v) is 9.67. The summed E-state index contributed by atoms with van der Waals surface area (Å²) >= 11 is 1.43. The number of thiazole rings is 1. The van der Waals surface area contributed by atoms with Crippen molar-refractivity contribution in [2.45, 2.75) is 25.9 Å². The van der Waals surface area contributed by atoms with Crippen molar-refractivity contribution in [1.29, 1.82) is 0 Å². The molecule has 0 unspecified atom stereocenters. The number of aryl methyl sites for hydroxylation is 1. The first-order chi connectivity index (χ1) is 13.2. The van der Waals surface area contributed by atoms with E-state index in [1.165, 1.54) is 16.9 Å². The van der Waals surface area contributed by atoms with Crippen LogP contribution in [0.4, 0.5) is 0 Å². The van der Waals surface area contributed by atoms with Gasteiger partial charge < -0.3 is 9.88 Å². The number of carbonyl (C=O) groups is 1. The van der Waals surface area contributed by atoms with E-state index in [1.54, 1.807) is 12.5 Å². The van der Waals surface area contributed by atoms with Gasteiger partial charge in [-0.3, -0.25) is 4.79 Å². The second-order valence-corrected chi connectivity index (χ2v) is 7.59. The lowest BCUT2D eigenvalue weighted by Crippen LogP contribution is -2.39. The predicted octanol–water partition coefficient (Wildman–Crippen LogP) is 3.84. The van der Waals surface area contributed by atoms with Crippen LogP contribution in [0.15, 0.2) is 67.3 Å². The molecule has 27 heavy (non-hydrogen) atoms. The Kier molecular flexibility index (Phi) is 4.98. The molecule has 0 aliphatic rings. The Morgan fingerprint density at radius 1 is 1.19 bits per heavy atom. The molecule has 5 nitrogen and oxygen atoms in total. The van der Waals surface area contributed by atoms with Gasteiger partial charge in [-0.15, -0.1) is 11.3 Å². The Hall–Kier alpha value is -2.99. The fourth-order valence-corrected chi connectivity index (χ4v) is 4.09. The van der Waals surface area contributed by atoms with Crippen LogP contribution in [0.3, 0.4) is 0 Å². The molecule has 0 radical (unpaired) electrons. The Morgan fingerprint density at radius 3 is 2.78 bits per heavy atom. The highest BCUT2D eigenvalue weighted by atomic mass is 32.1. The van der Waals surface area contributed by atoms with Crippen LogP contribution >= 0.6 is 11.3 Å². The zero-order valence-corrected chi connectivity index (χ0v) is 15.8. The molecule has 0 saturated carbocycles. The molecular formula is C21H20N4OS. The third kappa shape index (κ3) is 4.06. The van der Waals surface area contributed by atoms with Crippen molar-refractivity contribution in [1.82, 2.24) is 19.9 Å². The van der Waals surface area contributed by atoms with Gasteiger partial charge in [0, 0.05) is 18.9 Å². The summed E-state index contributed by atoms with van der Waals surface area (Å²) in [6.07, 6.45) is 6.17. The number of amides is 1. The Morgan fingerprint density at radius 2 is 2.04 bits per heavy atom. The lowest BCUT2D eigenvalue weighted by molar-refractivity contribution is 0.0932. The van der Waals surface area contributed by atoms with Crippen molar-refractivity contribution in [3.8, 4) is 0 Å². The van der Waals surface area contributed by atoms with Gasteiger partial charge in [-0.1, -0.05) is 42.5 Å². The first kappa shape index (κ1) is 17.4. The number of nitrogens with one attached hydrogen (secondary N) is 1. The molecule has 4 rings (SSSR count). The van der Waals surface area contributed by atoms with Gasteiger partial charge in [0.05, 0.1) is 22.6 Å². The highest BCUT2D eigenvalue weighted by Gasteiger charge is 2.18. The maximum atomic E-state index is 12.9. The maximum absolute atomic E-state index is 12.9. The number of carbonyl (C=O) groups excluding carboxylic acids is 1. The molecule has 0 saturated heterocycles. The number of fused-ring (bicyclic) bond motifs is 1. The largest absolute Gasteiger partial charge is 0.345 e. The fourth-order valence-electron chi connectivity index (χ4n) is 3.14. The molecule has 0 bridgehead atoms. The predicted molar refractivity (Wildman–Crippen MR) is 108 cm³/mol. The van der Waals surface area contributed by atoms with Crippen LogP contribution in [0.2, 0.25) is 0 Å². The summed E-state index contributed by atoms with van der Waals surface area (Å²) in [5.41, 5.74) is 3.17. The minimum Gasteiger partial charge on any atom is -0.345 e. The molecule has 0 fully saturated rings. The summed E-state index contributed by atoms with van der Waals surface area (Å²) in [6, 6.07) is 16.1. The van der Waals surface area contributed by atoms with E-state index in [9.17, 15) is 4.79 Å². The lowest BCUT2D eigenvalue weighted by atomic mass is 10.1. The van der Waals surface area contributed by atoms with Gasteiger partial charge in [0.1, 0.15) is 0 Å². The average molecular weight is 376 g/mol. The van der Waals surface area contributed by atoms with Gasteiger partial charge in [-0.25, -0.2) is 9.97 Å². The minimum absolute atomic E-state index is 0.0535. The highest BCUT2D eigenvalue weighted by Crippen LogP contribution is 2.24. The number of hydrogen-bond acceptors (Lipinski definition) is 4. The van der Waals surface area contributed by atoms with Crippen LogP contribution in [0, 0.1) is 6.92 Å². The number of para-hydroxylation sites is 1. The van der Waals surface area contributed by atoms with Crippen LogP contribution < -0.4 is 5.32 Å². The summed E-state index contributed by atoms with van der Waals surface area (Å²) < 4.78 is 3.02. The van der Waals surface area contributed by atoms with Crippen LogP contribution in [-0.4, -0.2) is 26.5 Å². The summed E-state index contributed by atoms with van der Waals surface area (Å²) in [5.74, 6) is -0.128. The third-order valence-corrected chi connectivity index (χ3v) is 5.48. The summed E-state index contributed by atoms with van der Waals surface area (Å²) in [4.78, 5) is 21.5. The number of hydrogen-bond donors (Lipinski definition) is 1. The normalized spacial score (nSPS) is 12.2. The van der Waals surface area contributed by atoms with E-state index >= 15 is 0 Å². The van der Waals surface area contributed by atoms with Crippen molar-refractivity contribution in [2.24, 2.45) is 0 Å². The number of benzene rings is 2. The van der Waals surface area contributed by atoms with Crippen molar-refractivity contribution < 1.29 is 4.79 Å². The molecule has 1 atom stereocenters. The zero-order valence-electron chi connectivity index (χ0n) is 15.0. The number of imidazole rings is 1. The summed E-state index contributed by atoms with van der Waals surface area (Å²) in [7, 11) is 0. The number of aromatic nitrogens is 3. The fraction of sp³-hybridized carbons (Fsp3) is 0.190. The molecule has 0 aliphatic carbocycles. The van der Waals surface area contributed by atoms with Crippen LogP contribution in [-0.2, 0) is 13.0 Å². The standard InChI is InChI=1S/C21H20N4OS/c1-15-6-5-9-18-19(15)24-21(27-18)20(26)23-17(13-25-11-10-22-14-25)12-16-7-3-2-4-8-16/h2-11,14,17H,12-13H2,1H3,(H,23,26)/t17-/m0/s1. The van der Waals surface area contributed by atoms with E-state index in [2.05, 4.69) is 27.4 Å². The minimum atomic E-state index is -0.128. The second kappa shape index (κ2) is 7.72. The van der Waals surface area contributed by atoms with E-state index in [-0.39, 0.29) is 11.9 Å². The van der Waals surface area contributed by atoms with Gasteiger partial charge in [0.25, 0.3) is 5.91 Å². The Balaban J connectivity index is 1.55. The molecule has 0 aliphatic heterocycles. The van der Waals surface area contributed by atoms with E-state index < -0.39 is 0 Å². The van der Waals surface area contributed by atoms with E-state index in [1.807, 2.05) is 54.1 Å². The molecule has 1 amide bonds. The van der Waals surface area contributed by atoms with Crippen LogP contribution in [0.1, 0.15) is 20.9 Å². The SMILES string of the molecule is Cc1cccc2sc(C(=O)N[C@@H](Cc3ccccc3)Cn3ccnc3)nc12. The summed E-state index contributed by atoms with van der Waals surface area (Å²) in [5, 5.41) is 3.66. The number of rotatable bonds is 6. The third-order valence-electron chi connectivity index (χ3n) is 4.47. The van der Waals surface area contributed by atoms with Crippen molar-refractivity contribution in [3.63, 3.8) is 0 Å². The molecule has 2 aromatic carbocycles. The highest BCUT2D eigenvalue weighted by molar-refractivity contribution is 7.20. The number of nitrogens with zero attached hydrogens (tertiary/aromatic N) is 3. The first-order valence-electron chi connectivity index (χ1n) is 8.86. The van der Waals surface area contributed by atoms with Crippen LogP contribution in [0.5, 0.6) is 0 Å². The molecule has 2 aromatic heterocycles. The molecular weight excluding hydrogens is 356 g/mol. The van der Waals surface area contributed by atoms with Crippen molar-refractivity contribution in [2.75, 3.05) is 0 Å². The Labute approximate surface area is 161 Å². The van der Waals surface area contributed by atoms with Crippen LogP contribution in [0.25, 0.3) is 10.2 Å². The maximum Gasteiger partial charge on any atom is 0.280 e. The van der Waals surface area contributed by atoms with Gasteiger partial charge in [-0.2, -0.15) is 0 Å². The van der Waals surface area contributed by atoms with Crippen molar-refractivity contribution >= 4 is 27.5 Å². The quantitative estimate of drug-likeness (QED) is 0.556. The monoisotopic (exact) mass is 376 g/mol. The van der Waals surface area contributed by atoms with Gasteiger partial charge in [0.2, 0.25) is 0 Å². The molecule has 2 heterocycles. The smallest absolute Gasteiger partial charge is 0.280 e. The van der Waals surface area contributed by atoms with E-state index in [4.69, 9.17) is 0 Å². The van der Waals surface area contributed by atoms with Gasteiger partial charge in [-0.05, 0) is 30.5 Å². The summed E-state index contributed by atoms with van der Waals surface area (Å²) in [6.45, 7) is 2.67. The van der Waals surface area contributed by atoms with E-state index in [0.29, 0.717) is 11.6 Å². The van der Waals surface area contributed by atoms with Gasteiger partial charge >= 0.3 is 0 Å². The zero-order chi connectivity index (χ0) is 18.6.